The van der Waals surface area contributed by atoms with E-state index in [2.05, 4.69) is 5.43 Å². The van der Waals surface area contributed by atoms with Gasteiger partial charge in [-0.15, -0.1) is 0 Å². The highest BCUT2D eigenvalue weighted by atomic mass is 19.4. The average molecular weight is 220 g/mol. The van der Waals surface area contributed by atoms with E-state index < -0.39 is 12.6 Å². The van der Waals surface area contributed by atoms with Gasteiger partial charge < -0.3 is 5.43 Å². The molecule has 0 radical (unpaired) electrons. The highest BCUT2D eigenvalue weighted by Crippen LogP contribution is 2.22. The Bertz CT molecular complexity index is 267. The molecule has 0 fully saturated rings. The van der Waals surface area contributed by atoms with E-state index in [1.807, 2.05) is 31.5 Å². The standard InChI is InChI=1S/C10H15F3N2/c1-9(5-4-6-10(11,12)13)14-15-7-2-3-8-15/h2-3,7-9,14H,4-6H2,1H3. The normalized spacial score (nSPS) is 13.9. The molecule has 0 saturated heterocycles. The molecule has 1 rings (SSSR count). The maximum absolute atomic E-state index is 11.9. The molecule has 1 unspecified atom stereocenters. The summed E-state index contributed by atoms with van der Waals surface area (Å²) in [7, 11) is 0. The van der Waals surface area contributed by atoms with E-state index in [4.69, 9.17) is 0 Å². The van der Waals surface area contributed by atoms with E-state index in [1.54, 1.807) is 4.68 Å². The first-order chi connectivity index (χ1) is 6.97. The van der Waals surface area contributed by atoms with Gasteiger partial charge >= 0.3 is 6.18 Å². The van der Waals surface area contributed by atoms with Gasteiger partial charge in [0.2, 0.25) is 0 Å². The molecule has 1 heterocycles. The first-order valence-corrected chi connectivity index (χ1v) is 4.93. The van der Waals surface area contributed by atoms with Gasteiger partial charge in [-0.1, -0.05) is 0 Å². The summed E-state index contributed by atoms with van der Waals surface area (Å²) in [5.41, 5.74) is 3.06. The molecule has 1 aromatic heterocycles. The molecule has 0 aliphatic rings. The summed E-state index contributed by atoms with van der Waals surface area (Å²) < 4.78 is 37.3. The van der Waals surface area contributed by atoms with Crippen molar-refractivity contribution in [2.24, 2.45) is 0 Å². The fraction of sp³-hybridized carbons (Fsp3) is 0.600. The largest absolute Gasteiger partial charge is 0.389 e. The van der Waals surface area contributed by atoms with Crippen molar-refractivity contribution in [3.8, 4) is 0 Å². The van der Waals surface area contributed by atoms with Crippen LogP contribution < -0.4 is 5.43 Å². The zero-order valence-electron chi connectivity index (χ0n) is 8.59. The summed E-state index contributed by atoms with van der Waals surface area (Å²) in [5, 5.41) is 0. The summed E-state index contributed by atoms with van der Waals surface area (Å²) >= 11 is 0. The first kappa shape index (κ1) is 11.9. The van der Waals surface area contributed by atoms with Crippen LogP contribution in [0.25, 0.3) is 0 Å². The van der Waals surface area contributed by atoms with Gasteiger partial charge in [-0.05, 0) is 31.9 Å². The number of alkyl halides is 3. The number of hydrogen-bond acceptors (Lipinski definition) is 1. The van der Waals surface area contributed by atoms with Crippen LogP contribution in [0.4, 0.5) is 13.2 Å². The maximum Gasteiger partial charge on any atom is 0.389 e. The van der Waals surface area contributed by atoms with Crippen LogP contribution >= 0.6 is 0 Å². The second-order valence-corrected chi connectivity index (χ2v) is 3.63. The van der Waals surface area contributed by atoms with Crippen LogP contribution in [-0.4, -0.2) is 16.9 Å². The molecule has 0 aliphatic heterocycles. The fourth-order valence-corrected chi connectivity index (χ4v) is 1.35. The molecule has 15 heavy (non-hydrogen) atoms. The third-order valence-electron chi connectivity index (χ3n) is 2.07. The smallest absolute Gasteiger partial charge is 0.324 e. The fourth-order valence-electron chi connectivity index (χ4n) is 1.35. The van der Waals surface area contributed by atoms with Crippen LogP contribution in [-0.2, 0) is 0 Å². The van der Waals surface area contributed by atoms with Gasteiger partial charge in [0.1, 0.15) is 0 Å². The van der Waals surface area contributed by atoms with E-state index in [0.29, 0.717) is 6.42 Å². The van der Waals surface area contributed by atoms with E-state index >= 15 is 0 Å². The number of nitrogens with zero attached hydrogens (tertiary/aromatic N) is 1. The predicted molar refractivity (Wildman–Crippen MR) is 53.2 cm³/mol. The second-order valence-electron chi connectivity index (χ2n) is 3.63. The minimum atomic E-state index is -4.03. The summed E-state index contributed by atoms with van der Waals surface area (Å²) in [6.45, 7) is 1.87. The van der Waals surface area contributed by atoms with Crippen LogP contribution in [0.1, 0.15) is 26.2 Å². The van der Waals surface area contributed by atoms with Crippen molar-refractivity contribution in [3.05, 3.63) is 24.5 Å². The summed E-state index contributed by atoms with van der Waals surface area (Å²) in [6.07, 6.45) is -0.422. The molecule has 0 spiro atoms. The molecule has 0 amide bonds. The van der Waals surface area contributed by atoms with Gasteiger partial charge in [0.15, 0.2) is 0 Å². The number of halogens is 3. The van der Waals surface area contributed by atoms with Crippen molar-refractivity contribution in [1.29, 1.82) is 0 Å². The van der Waals surface area contributed by atoms with Crippen molar-refractivity contribution in [3.63, 3.8) is 0 Å². The van der Waals surface area contributed by atoms with Crippen molar-refractivity contribution < 1.29 is 13.2 Å². The summed E-state index contributed by atoms with van der Waals surface area (Å²) in [4.78, 5) is 0. The topological polar surface area (TPSA) is 17.0 Å². The van der Waals surface area contributed by atoms with Crippen LogP contribution in [0.2, 0.25) is 0 Å². The van der Waals surface area contributed by atoms with Crippen molar-refractivity contribution in [2.75, 3.05) is 5.43 Å². The molecule has 86 valence electrons. The highest BCUT2D eigenvalue weighted by Gasteiger charge is 2.26. The van der Waals surface area contributed by atoms with Crippen LogP contribution in [0.5, 0.6) is 0 Å². The molecule has 5 heteroatoms. The lowest BCUT2D eigenvalue weighted by Crippen LogP contribution is -2.24. The molecular weight excluding hydrogens is 205 g/mol. The molecule has 1 aromatic rings. The molecule has 0 aromatic carbocycles. The van der Waals surface area contributed by atoms with E-state index in [-0.39, 0.29) is 12.5 Å². The third kappa shape index (κ3) is 5.34. The van der Waals surface area contributed by atoms with Gasteiger partial charge in [-0.25, -0.2) is 0 Å². The van der Waals surface area contributed by atoms with Crippen LogP contribution in [0, 0.1) is 0 Å². The van der Waals surface area contributed by atoms with Gasteiger partial charge in [-0.2, -0.15) is 13.2 Å². The van der Waals surface area contributed by atoms with E-state index in [0.717, 1.165) is 0 Å². The molecule has 0 bridgehead atoms. The molecule has 2 nitrogen and oxygen atoms in total. The maximum atomic E-state index is 11.9. The highest BCUT2D eigenvalue weighted by molar-refractivity contribution is 4.94. The monoisotopic (exact) mass is 220 g/mol. The van der Waals surface area contributed by atoms with Crippen molar-refractivity contribution in [2.45, 2.75) is 38.4 Å². The quantitative estimate of drug-likeness (QED) is 0.806. The Morgan fingerprint density at radius 3 is 2.40 bits per heavy atom. The van der Waals surface area contributed by atoms with E-state index in [9.17, 15) is 13.2 Å². The van der Waals surface area contributed by atoms with Gasteiger partial charge in [0.05, 0.1) is 0 Å². The minimum absolute atomic E-state index is 0.0414. The van der Waals surface area contributed by atoms with Crippen LogP contribution in [0.3, 0.4) is 0 Å². The zero-order chi connectivity index (χ0) is 11.3. The minimum Gasteiger partial charge on any atom is -0.324 e. The molecule has 1 atom stereocenters. The third-order valence-corrected chi connectivity index (χ3v) is 2.07. The Hall–Kier alpha value is -1.13. The number of aromatic nitrogens is 1. The Balaban J connectivity index is 2.17. The Labute approximate surface area is 87.1 Å². The molecule has 0 saturated carbocycles. The molecule has 0 aliphatic carbocycles. The Kier molecular flexibility index (Phi) is 4.05. The lowest BCUT2D eigenvalue weighted by atomic mass is 10.1. The van der Waals surface area contributed by atoms with Gasteiger partial charge in [0, 0.05) is 24.9 Å². The number of rotatable bonds is 5. The SMILES string of the molecule is CC(CCCC(F)(F)F)Nn1cccc1. The number of hydrogen-bond donors (Lipinski definition) is 1. The Morgan fingerprint density at radius 2 is 1.87 bits per heavy atom. The van der Waals surface area contributed by atoms with Gasteiger partial charge in [-0.3, -0.25) is 4.68 Å². The summed E-state index contributed by atoms with van der Waals surface area (Å²) in [6, 6.07) is 3.75. The lowest BCUT2D eigenvalue weighted by Gasteiger charge is -2.16. The van der Waals surface area contributed by atoms with Crippen molar-refractivity contribution in [1.82, 2.24) is 4.68 Å². The van der Waals surface area contributed by atoms with Crippen LogP contribution in [0.15, 0.2) is 24.5 Å². The predicted octanol–water partition coefficient (Wildman–Crippen LogP) is 3.15. The zero-order valence-corrected chi connectivity index (χ0v) is 8.59. The van der Waals surface area contributed by atoms with Gasteiger partial charge in [0.25, 0.3) is 0 Å². The lowest BCUT2D eigenvalue weighted by molar-refractivity contribution is -0.135. The van der Waals surface area contributed by atoms with E-state index in [1.165, 1.54) is 0 Å². The number of nitrogens with one attached hydrogen (secondary N) is 1. The Morgan fingerprint density at radius 1 is 1.27 bits per heavy atom. The average Bonchev–Trinajstić information content (AvgIpc) is 2.54. The second kappa shape index (κ2) is 5.09. The molecule has 1 N–H and O–H groups in total. The molecular formula is C10H15F3N2. The van der Waals surface area contributed by atoms with Crippen molar-refractivity contribution >= 4 is 0 Å². The first-order valence-electron chi connectivity index (χ1n) is 4.93. The summed E-state index contributed by atoms with van der Waals surface area (Å²) in [5.74, 6) is 0.